The van der Waals surface area contributed by atoms with Gasteiger partial charge in [0.15, 0.2) is 0 Å². The molecule has 1 aromatic heterocycles. The summed E-state index contributed by atoms with van der Waals surface area (Å²) in [5.74, 6) is -1.66. The van der Waals surface area contributed by atoms with E-state index in [0.29, 0.717) is 24.1 Å². The first-order chi connectivity index (χ1) is 17.7. The molecule has 4 rings (SSSR count). The summed E-state index contributed by atoms with van der Waals surface area (Å²) in [6.07, 6.45) is 0.816. The van der Waals surface area contributed by atoms with Crippen LogP contribution in [-0.2, 0) is 16.1 Å². The van der Waals surface area contributed by atoms with Gasteiger partial charge in [0.2, 0.25) is 5.69 Å². The Hall–Kier alpha value is -4.08. The molecule has 0 radical (unpaired) electrons. The lowest BCUT2D eigenvalue weighted by molar-refractivity contribution is -0.149. The summed E-state index contributed by atoms with van der Waals surface area (Å²) in [6, 6.07) is 10.9. The number of halogens is 1. The van der Waals surface area contributed by atoms with Gasteiger partial charge in [0.25, 0.3) is 11.5 Å². The molecule has 0 saturated carbocycles. The Labute approximate surface area is 213 Å². The number of carbonyl (C=O) groups is 2. The Bertz CT molecular complexity index is 1420. The minimum absolute atomic E-state index is 0.156. The molecule has 10 heteroatoms. The van der Waals surface area contributed by atoms with Crippen LogP contribution in [0, 0.1) is 25.6 Å². The SMILES string of the molecule is CCOC(=O)C1CCN(C(=O)c2nn(-c3cc(C)cc(C)c3)c(=O)n(Cc3ccc(F)cc3)c2=O)CC1. The molecule has 2 aromatic carbocycles. The summed E-state index contributed by atoms with van der Waals surface area (Å²) in [5.41, 5.74) is 0.778. The van der Waals surface area contributed by atoms with Crippen LogP contribution in [0.4, 0.5) is 4.39 Å². The predicted molar refractivity (Wildman–Crippen MR) is 134 cm³/mol. The van der Waals surface area contributed by atoms with E-state index in [2.05, 4.69) is 5.10 Å². The number of aryl methyl sites for hydroxylation is 2. The largest absolute Gasteiger partial charge is 0.466 e. The summed E-state index contributed by atoms with van der Waals surface area (Å²) in [6.45, 7) is 6.12. The Morgan fingerprint density at radius 2 is 1.65 bits per heavy atom. The van der Waals surface area contributed by atoms with E-state index in [-0.39, 0.29) is 38.1 Å². The number of rotatable bonds is 6. The fourth-order valence-electron chi connectivity index (χ4n) is 4.53. The van der Waals surface area contributed by atoms with Gasteiger partial charge in [0, 0.05) is 13.1 Å². The van der Waals surface area contributed by atoms with E-state index < -0.39 is 28.7 Å². The third kappa shape index (κ3) is 5.68. The average Bonchev–Trinajstić information content (AvgIpc) is 2.87. The molecular weight excluding hydrogens is 479 g/mol. The van der Waals surface area contributed by atoms with E-state index >= 15 is 0 Å². The van der Waals surface area contributed by atoms with E-state index in [0.717, 1.165) is 20.4 Å². The van der Waals surface area contributed by atoms with Crippen molar-refractivity contribution in [2.45, 2.75) is 40.2 Å². The second kappa shape index (κ2) is 10.9. The highest BCUT2D eigenvalue weighted by molar-refractivity contribution is 5.92. The highest BCUT2D eigenvalue weighted by atomic mass is 19.1. The zero-order chi connectivity index (χ0) is 26.7. The second-order valence-electron chi connectivity index (χ2n) is 9.23. The lowest BCUT2D eigenvalue weighted by atomic mass is 9.97. The number of ether oxygens (including phenoxy) is 1. The number of esters is 1. The number of hydrogen-bond acceptors (Lipinski definition) is 6. The van der Waals surface area contributed by atoms with Crippen LogP contribution in [0.3, 0.4) is 0 Å². The van der Waals surface area contributed by atoms with Crippen LogP contribution < -0.4 is 11.2 Å². The molecule has 1 fully saturated rings. The van der Waals surface area contributed by atoms with Crippen LogP contribution in [0.15, 0.2) is 52.1 Å². The molecule has 0 bridgehead atoms. The molecule has 1 saturated heterocycles. The van der Waals surface area contributed by atoms with Crippen molar-refractivity contribution in [3.63, 3.8) is 0 Å². The van der Waals surface area contributed by atoms with Crippen LogP contribution in [0.5, 0.6) is 0 Å². The first kappa shape index (κ1) is 26.0. The Morgan fingerprint density at radius 1 is 1.03 bits per heavy atom. The van der Waals surface area contributed by atoms with E-state index in [1.165, 1.54) is 29.2 Å². The van der Waals surface area contributed by atoms with Crippen LogP contribution in [0.25, 0.3) is 5.69 Å². The predicted octanol–water partition coefficient (Wildman–Crippen LogP) is 2.61. The van der Waals surface area contributed by atoms with Gasteiger partial charge in [-0.1, -0.05) is 18.2 Å². The molecule has 194 valence electrons. The summed E-state index contributed by atoms with van der Waals surface area (Å²) >= 11 is 0. The fraction of sp³-hybridized carbons (Fsp3) is 0.370. The number of nitrogens with zero attached hydrogens (tertiary/aromatic N) is 4. The fourth-order valence-corrected chi connectivity index (χ4v) is 4.53. The van der Waals surface area contributed by atoms with Crippen molar-refractivity contribution in [3.8, 4) is 5.69 Å². The maximum atomic E-state index is 13.5. The normalized spacial score (nSPS) is 14.0. The van der Waals surface area contributed by atoms with Gasteiger partial charge in [-0.3, -0.25) is 19.0 Å². The van der Waals surface area contributed by atoms with Crippen molar-refractivity contribution in [2.75, 3.05) is 19.7 Å². The van der Waals surface area contributed by atoms with Crippen LogP contribution in [-0.4, -0.2) is 50.8 Å². The number of piperidine rings is 1. The van der Waals surface area contributed by atoms with Gasteiger partial charge < -0.3 is 9.64 Å². The summed E-state index contributed by atoms with van der Waals surface area (Å²) in [7, 11) is 0. The zero-order valence-electron chi connectivity index (χ0n) is 21.1. The molecule has 3 aromatic rings. The topological polar surface area (TPSA) is 104 Å². The number of amides is 1. The maximum Gasteiger partial charge on any atom is 0.352 e. The average molecular weight is 509 g/mol. The number of carbonyl (C=O) groups excluding carboxylic acids is 2. The first-order valence-electron chi connectivity index (χ1n) is 12.2. The van der Waals surface area contributed by atoms with Gasteiger partial charge in [0.05, 0.1) is 24.8 Å². The monoisotopic (exact) mass is 508 g/mol. The Balaban J connectivity index is 1.75. The number of likely N-dealkylation sites (tertiary alicyclic amines) is 1. The number of benzene rings is 2. The molecule has 0 aliphatic carbocycles. The van der Waals surface area contributed by atoms with E-state index in [4.69, 9.17) is 4.74 Å². The quantitative estimate of drug-likeness (QED) is 0.474. The first-order valence-corrected chi connectivity index (χ1v) is 12.2. The molecule has 1 amide bonds. The highest BCUT2D eigenvalue weighted by Gasteiger charge is 2.31. The summed E-state index contributed by atoms with van der Waals surface area (Å²) in [4.78, 5) is 53.9. The van der Waals surface area contributed by atoms with Crippen molar-refractivity contribution in [3.05, 3.63) is 91.5 Å². The van der Waals surface area contributed by atoms with Gasteiger partial charge in [0.1, 0.15) is 5.82 Å². The van der Waals surface area contributed by atoms with Crippen molar-refractivity contribution in [1.82, 2.24) is 19.2 Å². The van der Waals surface area contributed by atoms with Gasteiger partial charge in [-0.2, -0.15) is 9.78 Å². The molecule has 1 aliphatic heterocycles. The highest BCUT2D eigenvalue weighted by Crippen LogP contribution is 2.20. The van der Waals surface area contributed by atoms with Crippen molar-refractivity contribution < 1.29 is 18.7 Å². The third-order valence-corrected chi connectivity index (χ3v) is 6.37. The van der Waals surface area contributed by atoms with Crippen molar-refractivity contribution in [2.24, 2.45) is 5.92 Å². The standard InChI is InChI=1S/C27H29FN4O5/c1-4-37-26(35)20-9-11-30(12-10-20)24(33)23-25(34)31(16-19-5-7-21(28)8-6-19)27(36)32(29-23)22-14-17(2)13-18(3)15-22/h5-8,13-15,20H,4,9-12,16H2,1-3H3. The molecule has 2 heterocycles. The van der Waals surface area contributed by atoms with Crippen LogP contribution in [0.1, 0.15) is 46.9 Å². The lowest BCUT2D eigenvalue weighted by Gasteiger charge is -2.30. The smallest absolute Gasteiger partial charge is 0.352 e. The van der Waals surface area contributed by atoms with Crippen LogP contribution >= 0.6 is 0 Å². The summed E-state index contributed by atoms with van der Waals surface area (Å²) < 4.78 is 20.5. The minimum atomic E-state index is -0.826. The molecule has 0 spiro atoms. The van der Waals surface area contributed by atoms with E-state index in [9.17, 15) is 23.6 Å². The number of aromatic nitrogens is 3. The lowest BCUT2D eigenvalue weighted by Crippen LogP contribution is -2.48. The molecule has 1 aliphatic rings. The molecular formula is C27H29FN4O5. The third-order valence-electron chi connectivity index (χ3n) is 6.37. The second-order valence-corrected chi connectivity index (χ2v) is 9.23. The van der Waals surface area contributed by atoms with Crippen molar-refractivity contribution in [1.29, 1.82) is 0 Å². The number of hydrogen-bond donors (Lipinski definition) is 0. The van der Waals surface area contributed by atoms with E-state index in [1.54, 1.807) is 19.1 Å². The maximum absolute atomic E-state index is 13.5. The zero-order valence-corrected chi connectivity index (χ0v) is 21.1. The summed E-state index contributed by atoms with van der Waals surface area (Å²) in [5, 5.41) is 4.23. The Kier molecular flexibility index (Phi) is 7.66. The van der Waals surface area contributed by atoms with Crippen LogP contribution in [0.2, 0.25) is 0 Å². The van der Waals surface area contributed by atoms with Gasteiger partial charge in [-0.25, -0.2) is 9.18 Å². The van der Waals surface area contributed by atoms with Gasteiger partial charge in [-0.05, 0) is 74.6 Å². The molecule has 37 heavy (non-hydrogen) atoms. The van der Waals surface area contributed by atoms with Gasteiger partial charge >= 0.3 is 11.7 Å². The Morgan fingerprint density at radius 3 is 2.24 bits per heavy atom. The molecule has 0 atom stereocenters. The molecule has 0 unspecified atom stereocenters. The molecule has 9 nitrogen and oxygen atoms in total. The van der Waals surface area contributed by atoms with E-state index in [1.807, 2.05) is 19.9 Å². The van der Waals surface area contributed by atoms with Gasteiger partial charge in [-0.15, -0.1) is 0 Å². The molecule has 0 N–H and O–H groups in total. The van der Waals surface area contributed by atoms with Crippen molar-refractivity contribution >= 4 is 11.9 Å². The minimum Gasteiger partial charge on any atom is -0.466 e.